The number of nitrogens with zero attached hydrogens (tertiary/aromatic N) is 3. The summed E-state index contributed by atoms with van der Waals surface area (Å²) in [6.07, 6.45) is 4.99. The van der Waals surface area contributed by atoms with E-state index < -0.39 is 0 Å². The molecule has 2 heterocycles. The topological polar surface area (TPSA) is 48.5 Å². The molecule has 0 unspecified atom stereocenters. The van der Waals surface area contributed by atoms with Crippen LogP contribution in [0.3, 0.4) is 0 Å². The lowest BCUT2D eigenvalue weighted by Crippen LogP contribution is -2.35. The molecule has 1 aliphatic heterocycles. The molecular formula is C17H27ClN4O. The summed E-state index contributed by atoms with van der Waals surface area (Å²) in [6, 6.07) is 2.23. The zero-order valence-electron chi connectivity index (χ0n) is 14.3. The van der Waals surface area contributed by atoms with Gasteiger partial charge in [-0.25, -0.2) is 4.98 Å². The van der Waals surface area contributed by atoms with Gasteiger partial charge in [0.25, 0.3) is 5.91 Å². The number of carbonyl (C=O) groups is 1. The lowest BCUT2D eigenvalue weighted by molar-refractivity contribution is 0.0724. The third-order valence-corrected chi connectivity index (χ3v) is 4.66. The van der Waals surface area contributed by atoms with Crippen molar-refractivity contribution in [2.24, 2.45) is 0 Å². The Morgan fingerprint density at radius 1 is 1.39 bits per heavy atom. The molecule has 1 amide bonds. The van der Waals surface area contributed by atoms with Crippen LogP contribution in [0.2, 0.25) is 5.02 Å². The second-order valence-electron chi connectivity index (χ2n) is 6.41. The molecule has 1 aromatic heterocycles. The Morgan fingerprint density at radius 2 is 2.09 bits per heavy atom. The molecule has 0 aliphatic carbocycles. The number of rotatable bonds is 6. The van der Waals surface area contributed by atoms with Crippen molar-refractivity contribution in [1.82, 2.24) is 14.8 Å². The molecule has 23 heavy (non-hydrogen) atoms. The molecule has 0 aromatic carbocycles. The summed E-state index contributed by atoms with van der Waals surface area (Å²) in [5.41, 5.74) is 0.571. The van der Waals surface area contributed by atoms with Crippen molar-refractivity contribution in [2.45, 2.75) is 39.2 Å². The quantitative estimate of drug-likeness (QED) is 0.865. The largest absolute Gasteiger partial charge is 0.368 e. The molecule has 1 aromatic rings. The van der Waals surface area contributed by atoms with Gasteiger partial charge >= 0.3 is 0 Å². The predicted molar refractivity (Wildman–Crippen MR) is 95.3 cm³/mol. The van der Waals surface area contributed by atoms with Gasteiger partial charge in [0.05, 0.1) is 10.6 Å². The minimum atomic E-state index is 0.0326. The standard InChI is InChI=1S/C17H27ClN4O/c1-13(2)21(3)10-7-19-16-15(18)11-14(12-20-16)17(23)22-8-5-4-6-9-22/h11-13H,4-10H2,1-3H3,(H,19,20). The number of pyridine rings is 1. The zero-order chi connectivity index (χ0) is 16.8. The first-order chi connectivity index (χ1) is 11.0. The van der Waals surface area contributed by atoms with Crippen LogP contribution in [0.5, 0.6) is 0 Å². The van der Waals surface area contributed by atoms with Gasteiger partial charge in [-0.1, -0.05) is 11.6 Å². The van der Waals surface area contributed by atoms with Crippen molar-refractivity contribution < 1.29 is 4.79 Å². The number of nitrogens with one attached hydrogen (secondary N) is 1. The first-order valence-electron chi connectivity index (χ1n) is 8.38. The fraction of sp³-hybridized carbons (Fsp3) is 0.647. The Morgan fingerprint density at radius 3 is 2.70 bits per heavy atom. The zero-order valence-corrected chi connectivity index (χ0v) is 15.1. The van der Waals surface area contributed by atoms with Crippen molar-refractivity contribution in [2.75, 3.05) is 38.5 Å². The van der Waals surface area contributed by atoms with Gasteiger partial charge in [0.1, 0.15) is 5.82 Å². The van der Waals surface area contributed by atoms with Gasteiger partial charge in [0.2, 0.25) is 0 Å². The Kier molecular flexibility index (Phi) is 6.66. The summed E-state index contributed by atoms with van der Waals surface area (Å²) >= 11 is 6.28. The lowest BCUT2D eigenvalue weighted by Gasteiger charge is -2.26. The van der Waals surface area contributed by atoms with Crippen LogP contribution in [-0.4, -0.2) is 60.0 Å². The summed E-state index contributed by atoms with van der Waals surface area (Å²) in [7, 11) is 2.09. The molecule has 0 spiro atoms. The van der Waals surface area contributed by atoms with E-state index in [1.165, 1.54) is 6.42 Å². The molecular weight excluding hydrogens is 312 g/mol. The fourth-order valence-corrected chi connectivity index (χ4v) is 2.81. The lowest BCUT2D eigenvalue weighted by atomic mass is 10.1. The van der Waals surface area contributed by atoms with E-state index in [-0.39, 0.29) is 5.91 Å². The molecule has 128 valence electrons. The Labute approximate surface area is 144 Å². The van der Waals surface area contributed by atoms with Crippen molar-refractivity contribution >= 4 is 23.3 Å². The number of hydrogen-bond donors (Lipinski definition) is 1. The van der Waals surface area contributed by atoms with Gasteiger partial charge in [-0.2, -0.15) is 0 Å². The third-order valence-electron chi connectivity index (χ3n) is 4.37. The average molecular weight is 339 g/mol. The van der Waals surface area contributed by atoms with E-state index in [1.807, 2.05) is 4.90 Å². The van der Waals surface area contributed by atoms with Gasteiger partial charge in [-0.15, -0.1) is 0 Å². The number of likely N-dealkylation sites (N-methyl/N-ethyl adjacent to an activating group) is 1. The molecule has 1 N–H and O–H groups in total. The van der Waals surface area contributed by atoms with E-state index in [4.69, 9.17) is 11.6 Å². The van der Waals surface area contributed by atoms with Crippen molar-refractivity contribution in [3.8, 4) is 0 Å². The van der Waals surface area contributed by atoms with E-state index in [9.17, 15) is 4.79 Å². The predicted octanol–water partition coefficient (Wildman–Crippen LogP) is 3.11. The maximum absolute atomic E-state index is 12.4. The number of halogens is 1. The molecule has 0 saturated carbocycles. The van der Waals surface area contributed by atoms with Crippen molar-refractivity contribution in [3.05, 3.63) is 22.8 Å². The van der Waals surface area contributed by atoms with Crippen molar-refractivity contribution in [3.63, 3.8) is 0 Å². The Balaban J connectivity index is 1.93. The van der Waals surface area contributed by atoms with E-state index in [0.717, 1.165) is 39.0 Å². The number of likely N-dealkylation sites (tertiary alicyclic amines) is 1. The van der Waals surface area contributed by atoms with Crippen molar-refractivity contribution in [1.29, 1.82) is 0 Å². The third kappa shape index (κ3) is 5.08. The monoisotopic (exact) mass is 338 g/mol. The molecule has 1 aliphatic rings. The van der Waals surface area contributed by atoms with Crippen LogP contribution in [0.25, 0.3) is 0 Å². The number of anilines is 1. The van der Waals surface area contributed by atoms with E-state index in [1.54, 1.807) is 12.3 Å². The minimum absolute atomic E-state index is 0.0326. The Bertz CT molecular complexity index is 529. The maximum atomic E-state index is 12.4. The summed E-state index contributed by atoms with van der Waals surface area (Å²) in [5, 5.41) is 3.73. The van der Waals surface area contributed by atoms with Gasteiger partial charge in [0, 0.05) is 38.4 Å². The van der Waals surface area contributed by atoms with Crippen LogP contribution < -0.4 is 5.32 Å². The van der Waals surface area contributed by atoms with Gasteiger partial charge in [0.15, 0.2) is 0 Å². The highest BCUT2D eigenvalue weighted by Crippen LogP contribution is 2.21. The van der Waals surface area contributed by atoms with Crippen LogP contribution in [-0.2, 0) is 0 Å². The first-order valence-corrected chi connectivity index (χ1v) is 8.75. The molecule has 0 bridgehead atoms. The molecule has 1 fully saturated rings. The van der Waals surface area contributed by atoms with Gasteiger partial charge in [-0.05, 0) is 46.2 Å². The molecule has 0 atom stereocenters. The average Bonchev–Trinajstić information content (AvgIpc) is 2.56. The molecule has 1 saturated heterocycles. The molecule has 0 radical (unpaired) electrons. The summed E-state index contributed by atoms with van der Waals surface area (Å²) < 4.78 is 0. The normalized spacial score (nSPS) is 15.3. The highest BCUT2D eigenvalue weighted by molar-refractivity contribution is 6.33. The van der Waals surface area contributed by atoms with Gasteiger partial charge in [-0.3, -0.25) is 4.79 Å². The van der Waals surface area contributed by atoms with E-state index in [2.05, 4.69) is 36.1 Å². The smallest absolute Gasteiger partial charge is 0.255 e. The maximum Gasteiger partial charge on any atom is 0.255 e. The number of hydrogen-bond acceptors (Lipinski definition) is 4. The number of amides is 1. The Hall–Kier alpha value is -1.33. The van der Waals surface area contributed by atoms with E-state index in [0.29, 0.717) is 22.4 Å². The van der Waals surface area contributed by atoms with Gasteiger partial charge < -0.3 is 15.1 Å². The number of aromatic nitrogens is 1. The molecule has 6 heteroatoms. The highest BCUT2D eigenvalue weighted by Gasteiger charge is 2.19. The van der Waals surface area contributed by atoms with E-state index >= 15 is 0 Å². The van der Waals surface area contributed by atoms with Crippen LogP contribution in [0.4, 0.5) is 5.82 Å². The number of piperidine rings is 1. The summed E-state index contributed by atoms with van der Waals surface area (Å²) in [4.78, 5) is 20.9. The van der Waals surface area contributed by atoms with Crippen LogP contribution >= 0.6 is 11.6 Å². The highest BCUT2D eigenvalue weighted by atomic mass is 35.5. The fourth-order valence-electron chi connectivity index (χ4n) is 2.57. The summed E-state index contributed by atoms with van der Waals surface area (Å²) in [6.45, 7) is 7.65. The second kappa shape index (κ2) is 8.50. The second-order valence-corrected chi connectivity index (χ2v) is 6.82. The van der Waals surface area contributed by atoms with Crippen LogP contribution in [0.1, 0.15) is 43.5 Å². The van der Waals surface area contributed by atoms with Crippen LogP contribution in [0, 0.1) is 0 Å². The summed E-state index contributed by atoms with van der Waals surface area (Å²) in [5.74, 6) is 0.671. The minimum Gasteiger partial charge on any atom is -0.368 e. The van der Waals surface area contributed by atoms with Crippen LogP contribution in [0.15, 0.2) is 12.3 Å². The number of carbonyl (C=O) groups excluding carboxylic acids is 1. The SMILES string of the molecule is CC(C)N(C)CCNc1ncc(C(=O)N2CCCCC2)cc1Cl. The molecule has 5 nitrogen and oxygen atoms in total. The molecule has 2 rings (SSSR count). The first kappa shape index (κ1) is 18.0.